The van der Waals surface area contributed by atoms with Crippen LogP contribution in [-0.2, 0) is 6.61 Å². The van der Waals surface area contributed by atoms with Crippen LogP contribution in [0.15, 0.2) is 17.5 Å². The molecule has 0 bridgehead atoms. The molecule has 0 saturated heterocycles. The third-order valence-electron chi connectivity index (χ3n) is 2.10. The van der Waals surface area contributed by atoms with E-state index < -0.39 is 0 Å². The van der Waals surface area contributed by atoms with E-state index in [1.807, 2.05) is 11.4 Å². The van der Waals surface area contributed by atoms with Crippen molar-refractivity contribution in [2.75, 3.05) is 7.11 Å². The number of aliphatic hydroxyl groups is 1. The molecule has 0 amide bonds. The number of hydrogen-bond acceptors (Lipinski definition) is 3. The number of ether oxygens (including phenoxy) is 1. The largest absolute Gasteiger partial charge is 0.495 e. The number of thiophene rings is 1. The van der Waals surface area contributed by atoms with E-state index in [0.717, 1.165) is 21.4 Å². The molecule has 1 aromatic carbocycles. The van der Waals surface area contributed by atoms with Crippen LogP contribution in [0.5, 0.6) is 5.75 Å². The molecule has 2 rings (SSSR count). The Morgan fingerprint density at radius 1 is 1.57 bits per heavy atom. The van der Waals surface area contributed by atoms with Crippen molar-refractivity contribution in [2.24, 2.45) is 0 Å². The first-order valence-electron chi connectivity index (χ1n) is 4.11. The van der Waals surface area contributed by atoms with Crippen molar-refractivity contribution >= 4 is 33.0 Å². The predicted octanol–water partition coefficient (Wildman–Crippen LogP) is 3.06. The van der Waals surface area contributed by atoms with Gasteiger partial charge in [-0.3, -0.25) is 0 Å². The van der Waals surface area contributed by atoms with Gasteiger partial charge in [0.25, 0.3) is 0 Å². The summed E-state index contributed by atoms with van der Waals surface area (Å²) < 4.78 is 6.24. The summed E-state index contributed by atoms with van der Waals surface area (Å²) in [6.45, 7) is -0.0588. The van der Waals surface area contributed by atoms with Crippen LogP contribution < -0.4 is 4.74 Å². The average Bonchev–Trinajstić information content (AvgIpc) is 2.66. The maximum absolute atomic E-state index is 9.14. The van der Waals surface area contributed by atoms with Gasteiger partial charge in [-0.1, -0.05) is 11.6 Å². The fraction of sp³-hybridized carbons (Fsp3) is 0.200. The molecule has 74 valence electrons. The molecule has 1 heterocycles. The third kappa shape index (κ3) is 1.38. The van der Waals surface area contributed by atoms with Gasteiger partial charge in [-0.15, -0.1) is 11.3 Å². The highest BCUT2D eigenvalue weighted by molar-refractivity contribution is 7.17. The van der Waals surface area contributed by atoms with Gasteiger partial charge in [0, 0.05) is 16.0 Å². The molecule has 4 heteroatoms. The Balaban J connectivity index is 2.82. The summed E-state index contributed by atoms with van der Waals surface area (Å²) in [4.78, 5) is 0. The highest BCUT2D eigenvalue weighted by Crippen LogP contribution is 2.38. The second-order valence-corrected chi connectivity index (χ2v) is 4.20. The van der Waals surface area contributed by atoms with Gasteiger partial charge in [-0.25, -0.2) is 0 Å². The highest BCUT2D eigenvalue weighted by Gasteiger charge is 2.11. The molecule has 0 aliphatic heterocycles. The van der Waals surface area contributed by atoms with Crippen molar-refractivity contribution in [3.05, 3.63) is 28.1 Å². The lowest BCUT2D eigenvalue weighted by Crippen LogP contribution is -1.92. The van der Waals surface area contributed by atoms with Crippen molar-refractivity contribution in [1.29, 1.82) is 0 Å². The number of halogens is 1. The van der Waals surface area contributed by atoms with Gasteiger partial charge >= 0.3 is 0 Å². The Morgan fingerprint density at radius 3 is 3.00 bits per heavy atom. The van der Waals surface area contributed by atoms with Crippen LogP contribution in [0.3, 0.4) is 0 Å². The van der Waals surface area contributed by atoms with Gasteiger partial charge in [0.1, 0.15) is 5.75 Å². The van der Waals surface area contributed by atoms with Crippen LogP contribution in [0.4, 0.5) is 0 Å². The number of hydrogen-bond donors (Lipinski definition) is 1. The molecule has 0 saturated carbocycles. The molecule has 0 fully saturated rings. The first-order valence-corrected chi connectivity index (χ1v) is 5.37. The summed E-state index contributed by atoms with van der Waals surface area (Å²) in [6, 6.07) is 3.70. The summed E-state index contributed by atoms with van der Waals surface area (Å²) in [5.74, 6) is 0.724. The number of rotatable bonds is 2. The van der Waals surface area contributed by atoms with E-state index in [1.165, 1.54) is 0 Å². The van der Waals surface area contributed by atoms with Crippen molar-refractivity contribution in [1.82, 2.24) is 0 Å². The summed E-state index contributed by atoms with van der Waals surface area (Å²) in [7, 11) is 1.60. The molecular formula is C10H9ClO2S. The van der Waals surface area contributed by atoms with Crippen LogP contribution >= 0.6 is 22.9 Å². The summed E-state index contributed by atoms with van der Waals surface area (Å²) in [6.07, 6.45) is 0. The lowest BCUT2D eigenvalue weighted by atomic mass is 10.1. The van der Waals surface area contributed by atoms with Crippen molar-refractivity contribution in [2.45, 2.75) is 6.61 Å². The number of methoxy groups -OCH3 is 1. The van der Waals surface area contributed by atoms with E-state index in [-0.39, 0.29) is 6.61 Å². The van der Waals surface area contributed by atoms with Crippen LogP contribution in [0.2, 0.25) is 5.02 Å². The lowest BCUT2D eigenvalue weighted by molar-refractivity contribution is 0.274. The van der Waals surface area contributed by atoms with Crippen LogP contribution in [-0.4, -0.2) is 12.2 Å². The molecular weight excluding hydrogens is 220 g/mol. The molecule has 0 spiro atoms. The molecule has 0 aliphatic rings. The van der Waals surface area contributed by atoms with Gasteiger partial charge in [0.15, 0.2) is 0 Å². The number of fused-ring (bicyclic) bond motifs is 1. The normalized spacial score (nSPS) is 10.8. The summed E-state index contributed by atoms with van der Waals surface area (Å²) in [5, 5.41) is 12.7. The maximum atomic E-state index is 9.14. The van der Waals surface area contributed by atoms with E-state index in [9.17, 15) is 0 Å². The van der Waals surface area contributed by atoms with Gasteiger partial charge in [0.2, 0.25) is 0 Å². The second-order valence-electron chi connectivity index (χ2n) is 2.87. The van der Waals surface area contributed by atoms with E-state index in [1.54, 1.807) is 24.5 Å². The quantitative estimate of drug-likeness (QED) is 0.856. The Labute approximate surface area is 90.7 Å². The van der Waals surface area contributed by atoms with Gasteiger partial charge < -0.3 is 9.84 Å². The topological polar surface area (TPSA) is 29.5 Å². The number of aliphatic hydroxyl groups excluding tert-OH is 1. The van der Waals surface area contributed by atoms with E-state index in [4.69, 9.17) is 21.4 Å². The van der Waals surface area contributed by atoms with E-state index >= 15 is 0 Å². The zero-order valence-corrected chi connectivity index (χ0v) is 9.15. The SMILES string of the molecule is COc1c(CO)cc(Cl)c2ccsc12. The first-order chi connectivity index (χ1) is 6.77. The molecule has 0 unspecified atom stereocenters. The summed E-state index contributed by atoms with van der Waals surface area (Å²) >= 11 is 7.61. The Morgan fingerprint density at radius 2 is 2.36 bits per heavy atom. The van der Waals surface area contributed by atoms with Gasteiger partial charge in [0.05, 0.1) is 18.4 Å². The minimum Gasteiger partial charge on any atom is -0.495 e. The fourth-order valence-electron chi connectivity index (χ4n) is 1.46. The predicted molar refractivity (Wildman–Crippen MR) is 59.3 cm³/mol. The molecule has 2 aromatic rings. The highest BCUT2D eigenvalue weighted by atomic mass is 35.5. The minimum atomic E-state index is -0.0588. The van der Waals surface area contributed by atoms with E-state index in [2.05, 4.69) is 0 Å². The molecule has 2 nitrogen and oxygen atoms in total. The fourth-order valence-corrected chi connectivity index (χ4v) is 2.77. The standard InChI is InChI=1S/C10H9ClO2S/c1-13-9-6(5-12)4-8(11)7-2-3-14-10(7)9/h2-4,12H,5H2,1H3. The monoisotopic (exact) mass is 228 g/mol. The van der Waals surface area contributed by atoms with E-state index in [0.29, 0.717) is 5.02 Å². The maximum Gasteiger partial charge on any atom is 0.142 e. The van der Waals surface area contributed by atoms with Crippen LogP contribution in [0, 0.1) is 0 Å². The van der Waals surface area contributed by atoms with Crippen LogP contribution in [0.25, 0.3) is 10.1 Å². The van der Waals surface area contributed by atoms with Crippen molar-refractivity contribution < 1.29 is 9.84 Å². The first kappa shape index (κ1) is 9.77. The Kier molecular flexibility index (Phi) is 2.63. The van der Waals surface area contributed by atoms with Crippen LogP contribution in [0.1, 0.15) is 5.56 Å². The number of benzene rings is 1. The zero-order valence-electron chi connectivity index (χ0n) is 7.58. The van der Waals surface area contributed by atoms with Gasteiger partial charge in [-0.2, -0.15) is 0 Å². The molecule has 1 N–H and O–H groups in total. The third-order valence-corrected chi connectivity index (χ3v) is 3.32. The van der Waals surface area contributed by atoms with Crippen molar-refractivity contribution in [3.63, 3.8) is 0 Å². The smallest absolute Gasteiger partial charge is 0.142 e. The molecule has 1 aromatic heterocycles. The average molecular weight is 229 g/mol. The lowest BCUT2D eigenvalue weighted by Gasteiger charge is -2.08. The zero-order chi connectivity index (χ0) is 10.1. The molecule has 0 radical (unpaired) electrons. The van der Waals surface area contributed by atoms with Crippen molar-refractivity contribution in [3.8, 4) is 5.75 Å². The Bertz CT molecular complexity index is 464. The molecule has 0 aliphatic carbocycles. The van der Waals surface area contributed by atoms with Gasteiger partial charge in [-0.05, 0) is 17.5 Å². The Hall–Kier alpha value is -0.770. The molecule has 0 atom stereocenters. The summed E-state index contributed by atoms with van der Waals surface area (Å²) in [5.41, 5.74) is 0.729. The second kappa shape index (κ2) is 3.77. The minimum absolute atomic E-state index is 0.0588. The molecule has 14 heavy (non-hydrogen) atoms.